The molecule has 2 heteroatoms. The summed E-state index contributed by atoms with van der Waals surface area (Å²) in [4.78, 5) is 0. The van der Waals surface area contributed by atoms with Gasteiger partial charge in [-0.3, -0.25) is 0 Å². The highest BCUT2D eigenvalue weighted by Crippen LogP contribution is 2.36. The standard InChI is InChI=1S/C14H27NO/c1-12(2)5-6-14(7-9-16-10-8-14)11-15-13-3-4-13/h12-13,15H,3-11H2,1-2H3. The lowest BCUT2D eigenvalue weighted by atomic mass is 9.75. The van der Waals surface area contributed by atoms with Crippen molar-refractivity contribution >= 4 is 0 Å². The number of nitrogens with one attached hydrogen (secondary N) is 1. The maximum atomic E-state index is 5.53. The summed E-state index contributed by atoms with van der Waals surface area (Å²) in [5, 5.41) is 3.74. The average Bonchev–Trinajstić information content (AvgIpc) is 3.09. The van der Waals surface area contributed by atoms with Crippen molar-refractivity contribution in [3.63, 3.8) is 0 Å². The van der Waals surface area contributed by atoms with Crippen molar-refractivity contribution in [3.05, 3.63) is 0 Å². The van der Waals surface area contributed by atoms with E-state index in [-0.39, 0.29) is 0 Å². The summed E-state index contributed by atoms with van der Waals surface area (Å²) in [6, 6.07) is 0.846. The highest BCUT2D eigenvalue weighted by molar-refractivity contribution is 4.89. The molecule has 1 aliphatic heterocycles. The molecular weight excluding hydrogens is 198 g/mol. The molecule has 1 saturated carbocycles. The lowest BCUT2D eigenvalue weighted by molar-refractivity contribution is 0.00771. The van der Waals surface area contributed by atoms with Crippen LogP contribution in [-0.2, 0) is 4.74 Å². The number of hydrogen-bond donors (Lipinski definition) is 1. The summed E-state index contributed by atoms with van der Waals surface area (Å²) >= 11 is 0. The number of rotatable bonds is 6. The van der Waals surface area contributed by atoms with Crippen molar-refractivity contribution in [3.8, 4) is 0 Å². The topological polar surface area (TPSA) is 21.3 Å². The van der Waals surface area contributed by atoms with Crippen LogP contribution in [0.1, 0.15) is 52.4 Å². The van der Waals surface area contributed by atoms with Crippen molar-refractivity contribution in [2.45, 2.75) is 58.4 Å². The molecule has 1 heterocycles. The molecule has 0 aromatic carbocycles. The second-order valence-electron chi connectivity index (χ2n) is 6.20. The van der Waals surface area contributed by atoms with E-state index in [4.69, 9.17) is 4.74 Å². The van der Waals surface area contributed by atoms with Crippen LogP contribution in [-0.4, -0.2) is 25.8 Å². The molecule has 2 aliphatic rings. The lowest BCUT2D eigenvalue weighted by Crippen LogP contribution is -2.40. The Hall–Kier alpha value is -0.0800. The van der Waals surface area contributed by atoms with Crippen LogP contribution in [0.3, 0.4) is 0 Å². The molecule has 2 rings (SSSR count). The lowest BCUT2D eigenvalue weighted by Gasteiger charge is -2.38. The Bertz CT molecular complexity index is 197. The Balaban J connectivity index is 1.82. The Morgan fingerprint density at radius 2 is 1.94 bits per heavy atom. The summed E-state index contributed by atoms with van der Waals surface area (Å²) in [5.74, 6) is 0.834. The molecule has 0 unspecified atom stereocenters. The zero-order valence-corrected chi connectivity index (χ0v) is 10.9. The maximum absolute atomic E-state index is 5.53. The van der Waals surface area contributed by atoms with Gasteiger partial charge in [-0.1, -0.05) is 20.3 Å². The Morgan fingerprint density at radius 3 is 2.50 bits per heavy atom. The third-order valence-corrected chi connectivity index (χ3v) is 4.15. The van der Waals surface area contributed by atoms with Gasteiger partial charge in [-0.05, 0) is 43.4 Å². The normalized spacial score (nSPS) is 24.9. The van der Waals surface area contributed by atoms with Gasteiger partial charge in [-0.15, -0.1) is 0 Å². The predicted molar refractivity (Wildman–Crippen MR) is 67.6 cm³/mol. The quantitative estimate of drug-likeness (QED) is 0.750. The molecule has 94 valence electrons. The van der Waals surface area contributed by atoms with Crippen molar-refractivity contribution in [2.24, 2.45) is 11.3 Å². The van der Waals surface area contributed by atoms with Crippen LogP contribution in [0.4, 0.5) is 0 Å². The Morgan fingerprint density at radius 1 is 1.25 bits per heavy atom. The third kappa shape index (κ3) is 3.74. The van der Waals surface area contributed by atoms with Gasteiger partial charge in [0.2, 0.25) is 0 Å². The summed E-state index contributed by atoms with van der Waals surface area (Å²) < 4.78 is 5.53. The second kappa shape index (κ2) is 5.50. The second-order valence-corrected chi connectivity index (χ2v) is 6.20. The molecule has 0 bridgehead atoms. The molecule has 0 atom stereocenters. The zero-order chi connectivity index (χ0) is 11.4. The third-order valence-electron chi connectivity index (χ3n) is 4.15. The van der Waals surface area contributed by atoms with Crippen LogP contribution in [0.2, 0.25) is 0 Å². The van der Waals surface area contributed by atoms with Crippen molar-refractivity contribution in [1.29, 1.82) is 0 Å². The van der Waals surface area contributed by atoms with Crippen LogP contribution in [0, 0.1) is 11.3 Å². The monoisotopic (exact) mass is 225 g/mol. The van der Waals surface area contributed by atoms with Crippen molar-refractivity contribution in [2.75, 3.05) is 19.8 Å². The summed E-state index contributed by atoms with van der Waals surface area (Å²) in [6.07, 6.45) is 8.08. The largest absolute Gasteiger partial charge is 0.381 e. The fraction of sp³-hybridized carbons (Fsp3) is 1.00. The van der Waals surface area contributed by atoms with Crippen LogP contribution in [0.15, 0.2) is 0 Å². The maximum Gasteiger partial charge on any atom is 0.0471 e. The van der Waals surface area contributed by atoms with Crippen LogP contribution >= 0.6 is 0 Å². The number of ether oxygens (including phenoxy) is 1. The summed E-state index contributed by atoms with van der Waals surface area (Å²) in [7, 11) is 0. The van der Waals surface area contributed by atoms with E-state index in [1.54, 1.807) is 0 Å². The minimum atomic E-state index is 0.547. The van der Waals surface area contributed by atoms with E-state index in [2.05, 4.69) is 19.2 Å². The molecule has 1 saturated heterocycles. The number of hydrogen-bond acceptors (Lipinski definition) is 2. The van der Waals surface area contributed by atoms with Crippen molar-refractivity contribution < 1.29 is 4.74 Å². The fourth-order valence-corrected chi connectivity index (χ4v) is 2.56. The van der Waals surface area contributed by atoms with Gasteiger partial charge in [0, 0.05) is 25.8 Å². The molecule has 0 amide bonds. The van der Waals surface area contributed by atoms with E-state index >= 15 is 0 Å². The first-order chi connectivity index (χ1) is 7.70. The minimum absolute atomic E-state index is 0.547. The van der Waals surface area contributed by atoms with E-state index < -0.39 is 0 Å². The van der Waals surface area contributed by atoms with Gasteiger partial charge in [0.25, 0.3) is 0 Å². The van der Waals surface area contributed by atoms with Gasteiger partial charge in [0.15, 0.2) is 0 Å². The van der Waals surface area contributed by atoms with Gasteiger partial charge in [0.1, 0.15) is 0 Å². The van der Waals surface area contributed by atoms with E-state index in [1.165, 1.54) is 45.1 Å². The highest BCUT2D eigenvalue weighted by Gasteiger charge is 2.34. The Kier molecular flexibility index (Phi) is 4.26. The highest BCUT2D eigenvalue weighted by atomic mass is 16.5. The molecule has 2 fully saturated rings. The molecule has 0 aromatic heterocycles. The molecule has 1 N–H and O–H groups in total. The van der Waals surface area contributed by atoms with Crippen LogP contribution in [0.5, 0.6) is 0 Å². The molecule has 0 aromatic rings. The van der Waals surface area contributed by atoms with Gasteiger partial charge in [-0.2, -0.15) is 0 Å². The van der Waals surface area contributed by atoms with Crippen molar-refractivity contribution in [1.82, 2.24) is 5.32 Å². The summed E-state index contributed by atoms with van der Waals surface area (Å²) in [6.45, 7) is 7.85. The molecule has 16 heavy (non-hydrogen) atoms. The minimum Gasteiger partial charge on any atom is -0.381 e. The van der Waals surface area contributed by atoms with Gasteiger partial charge in [-0.25, -0.2) is 0 Å². The van der Waals surface area contributed by atoms with E-state index in [1.807, 2.05) is 0 Å². The molecule has 0 radical (unpaired) electrons. The van der Waals surface area contributed by atoms with Gasteiger partial charge in [0.05, 0.1) is 0 Å². The van der Waals surface area contributed by atoms with Gasteiger partial charge < -0.3 is 10.1 Å². The molecule has 0 spiro atoms. The van der Waals surface area contributed by atoms with E-state index in [0.29, 0.717) is 5.41 Å². The zero-order valence-electron chi connectivity index (χ0n) is 10.9. The van der Waals surface area contributed by atoms with Crippen LogP contribution < -0.4 is 5.32 Å². The molecule has 1 aliphatic carbocycles. The Labute approximate surface area is 100 Å². The van der Waals surface area contributed by atoms with E-state index in [9.17, 15) is 0 Å². The van der Waals surface area contributed by atoms with E-state index in [0.717, 1.165) is 25.2 Å². The summed E-state index contributed by atoms with van der Waals surface area (Å²) in [5.41, 5.74) is 0.547. The first-order valence-electron chi connectivity index (χ1n) is 7.01. The van der Waals surface area contributed by atoms with Crippen LogP contribution in [0.25, 0.3) is 0 Å². The SMILES string of the molecule is CC(C)CCC1(CNC2CC2)CCOCC1. The van der Waals surface area contributed by atoms with Gasteiger partial charge >= 0.3 is 0 Å². The smallest absolute Gasteiger partial charge is 0.0471 e. The fourth-order valence-electron chi connectivity index (χ4n) is 2.56. The molecule has 2 nitrogen and oxygen atoms in total. The first kappa shape index (κ1) is 12.4. The predicted octanol–water partition coefficient (Wildman–Crippen LogP) is 2.97. The first-order valence-corrected chi connectivity index (χ1v) is 7.01. The molecular formula is C14H27NO. The average molecular weight is 225 g/mol.